The number of rotatable bonds is 4. The molecule has 0 aliphatic rings. The van der Waals surface area contributed by atoms with Crippen molar-refractivity contribution in [3.05, 3.63) is 102 Å². The number of anilines is 1. The smallest absolute Gasteiger partial charge is 0.259 e. The first-order chi connectivity index (χ1) is 15.6. The van der Waals surface area contributed by atoms with Gasteiger partial charge in [-0.2, -0.15) is 5.10 Å². The number of carbonyl (C=O) groups is 1. The summed E-state index contributed by atoms with van der Waals surface area (Å²) in [5, 5.41) is 7.15. The van der Waals surface area contributed by atoms with Gasteiger partial charge in [0.1, 0.15) is 17.3 Å². The third-order valence-electron chi connectivity index (χ3n) is 5.08. The summed E-state index contributed by atoms with van der Waals surface area (Å²) in [4.78, 5) is 21.6. The number of benzene rings is 2. The molecule has 0 bridgehead atoms. The maximum Gasteiger partial charge on any atom is 0.259 e. The maximum absolute atomic E-state index is 14.0. The van der Waals surface area contributed by atoms with E-state index in [-0.39, 0.29) is 5.56 Å². The predicted molar refractivity (Wildman–Crippen MR) is 121 cm³/mol. The van der Waals surface area contributed by atoms with E-state index in [0.717, 1.165) is 28.1 Å². The summed E-state index contributed by atoms with van der Waals surface area (Å²) in [7, 11) is 0. The highest BCUT2D eigenvalue weighted by atomic mass is 19.1. The Bertz CT molecular complexity index is 1460. The zero-order chi connectivity index (χ0) is 22.1. The highest BCUT2D eigenvalue weighted by Gasteiger charge is 2.18. The Hall–Kier alpha value is -4.39. The standard InChI is InChI=1S/C25H18FN5O/c1-16-6-4-7-17(14-16)23-24(31-22(30-23)10-5-12-28-31)18-11-13-27-21(15-18)29-25(32)19-8-2-3-9-20(19)26/h2-15H,1H3,(H,27,29,32). The van der Waals surface area contributed by atoms with Gasteiger partial charge in [0.25, 0.3) is 5.91 Å². The van der Waals surface area contributed by atoms with Gasteiger partial charge in [0, 0.05) is 23.5 Å². The number of carbonyl (C=O) groups excluding carboxylic acids is 1. The summed E-state index contributed by atoms with van der Waals surface area (Å²) in [5.74, 6) is -0.853. The minimum Gasteiger partial charge on any atom is -0.306 e. The highest BCUT2D eigenvalue weighted by Crippen LogP contribution is 2.33. The van der Waals surface area contributed by atoms with Crippen LogP contribution in [0.25, 0.3) is 28.2 Å². The van der Waals surface area contributed by atoms with Gasteiger partial charge in [0.15, 0.2) is 5.65 Å². The highest BCUT2D eigenvalue weighted by molar-refractivity contribution is 6.04. The van der Waals surface area contributed by atoms with Crippen LogP contribution in [0.1, 0.15) is 15.9 Å². The van der Waals surface area contributed by atoms with Crippen LogP contribution in [-0.2, 0) is 0 Å². The maximum atomic E-state index is 14.0. The molecule has 0 spiro atoms. The Balaban J connectivity index is 1.60. The molecule has 3 aromatic heterocycles. The molecule has 0 atom stereocenters. The van der Waals surface area contributed by atoms with Gasteiger partial charge >= 0.3 is 0 Å². The molecule has 156 valence electrons. The second kappa shape index (κ2) is 8.03. The number of amides is 1. The summed E-state index contributed by atoms with van der Waals surface area (Å²) in [5.41, 5.74) is 5.04. The van der Waals surface area contributed by atoms with Crippen molar-refractivity contribution in [1.82, 2.24) is 19.6 Å². The Morgan fingerprint density at radius 1 is 0.938 bits per heavy atom. The van der Waals surface area contributed by atoms with E-state index in [9.17, 15) is 9.18 Å². The van der Waals surface area contributed by atoms with Crippen LogP contribution >= 0.6 is 0 Å². The van der Waals surface area contributed by atoms with Gasteiger partial charge in [0.2, 0.25) is 0 Å². The minimum absolute atomic E-state index is 0.0448. The molecule has 6 nitrogen and oxygen atoms in total. The monoisotopic (exact) mass is 423 g/mol. The molecule has 0 aliphatic heterocycles. The van der Waals surface area contributed by atoms with Crippen molar-refractivity contribution < 1.29 is 9.18 Å². The number of aromatic nitrogens is 4. The number of hydrogen-bond acceptors (Lipinski definition) is 4. The quantitative estimate of drug-likeness (QED) is 0.434. The fraction of sp³-hybridized carbons (Fsp3) is 0.0400. The number of fused-ring (bicyclic) bond motifs is 1. The summed E-state index contributed by atoms with van der Waals surface area (Å²) >= 11 is 0. The number of imidazole rings is 1. The van der Waals surface area contributed by atoms with Crippen molar-refractivity contribution in [3.63, 3.8) is 0 Å². The van der Waals surface area contributed by atoms with Crippen LogP contribution in [0, 0.1) is 12.7 Å². The SMILES string of the molecule is Cc1cccc(-c2nc3cccnn3c2-c2ccnc(NC(=O)c3ccccc3F)c2)c1. The van der Waals surface area contributed by atoms with Gasteiger partial charge in [-0.05, 0) is 49.4 Å². The summed E-state index contributed by atoms with van der Waals surface area (Å²) in [6.45, 7) is 2.03. The number of nitrogens with one attached hydrogen (secondary N) is 1. The van der Waals surface area contributed by atoms with Crippen LogP contribution in [-0.4, -0.2) is 25.5 Å². The van der Waals surface area contributed by atoms with E-state index >= 15 is 0 Å². The van der Waals surface area contributed by atoms with Gasteiger partial charge in [0.05, 0.1) is 11.3 Å². The van der Waals surface area contributed by atoms with Crippen molar-refractivity contribution in [2.75, 3.05) is 5.32 Å². The normalized spacial score (nSPS) is 10.9. The van der Waals surface area contributed by atoms with Crippen LogP contribution in [0.2, 0.25) is 0 Å². The van der Waals surface area contributed by atoms with E-state index in [0.29, 0.717) is 11.5 Å². The summed E-state index contributed by atoms with van der Waals surface area (Å²) < 4.78 is 15.8. The van der Waals surface area contributed by atoms with Crippen molar-refractivity contribution in [3.8, 4) is 22.5 Å². The number of nitrogens with zero attached hydrogens (tertiary/aromatic N) is 4. The van der Waals surface area contributed by atoms with Gasteiger partial charge in [-0.25, -0.2) is 18.9 Å². The third-order valence-corrected chi connectivity index (χ3v) is 5.08. The molecule has 3 heterocycles. The molecule has 7 heteroatoms. The third kappa shape index (κ3) is 3.60. The molecule has 0 saturated carbocycles. The number of hydrogen-bond donors (Lipinski definition) is 1. The molecule has 5 aromatic rings. The van der Waals surface area contributed by atoms with Crippen LogP contribution < -0.4 is 5.32 Å². The van der Waals surface area contributed by atoms with Crippen molar-refractivity contribution in [2.45, 2.75) is 6.92 Å². The second-order valence-electron chi connectivity index (χ2n) is 7.34. The van der Waals surface area contributed by atoms with Gasteiger partial charge in [-0.3, -0.25) is 4.79 Å². The molecule has 5 rings (SSSR count). The average Bonchev–Trinajstić information content (AvgIpc) is 3.19. The Morgan fingerprint density at radius 2 is 1.81 bits per heavy atom. The largest absolute Gasteiger partial charge is 0.306 e. The van der Waals surface area contributed by atoms with E-state index in [1.807, 2.05) is 43.3 Å². The minimum atomic E-state index is -0.589. The van der Waals surface area contributed by atoms with Crippen LogP contribution in [0.15, 0.2) is 85.2 Å². The van der Waals surface area contributed by atoms with Crippen LogP contribution in [0.3, 0.4) is 0 Å². The lowest BCUT2D eigenvalue weighted by atomic mass is 10.0. The summed E-state index contributed by atoms with van der Waals surface area (Å²) in [6, 6.07) is 21.2. The van der Waals surface area contributed by atoms with E-state index in [1.54, 1.807) is 29.0 Å². The molecule has 0 aliphatic carbocycles. The van der Waals surface area contributed by atoms with Crippen LogP contribution in [0.5, 0.6) is 0 Å². The first kappa shape index (κ1) is 19.6. The van der Waals surface area contributed by atoms with E-state index in [1.165, 1.54) is 18.2 Å². The van der Waals surface area contributed by atoms with Gasteiger partial charge in [-0.15, -0.1) is 0 Å². The number of pyridine rings is 1. The lowest BCUT2D eigenvalue weighted by Gasteiger charge is -2.09. The molecule has 0 unspecified atom stereocenters. The molecule has 0 saturated heterocycles. The molecule has 0 radical (unpaired) electrons. The molecule has 1 amide bonds. The van der Waals surface area contributed by atoms with E-state index in [4.69, 9.17) is 4.98 Å². The molecule has 0 fully saturated rings. The Morgan fingerprint density at radius 3 is 2.66 bits per heavy atom. The van der Waals surface area contributed by atoms with Crippen molar-refractivity contribution >= 4 is 17.4 Å². The second-order valence-corrected chi connectivity index (χ2v) is 7.34. The zero-order valence-corrected chi connectivity index (χ0v) is 17.2. The topological polar surface area (TPSA) is 72.2 Å². The van der Waals surface area contributed by atoms with Crippen molar-refractivity contribution in [1.29, 1.82) is 0 Å². The zero-order valence-electron chi connectivity index (χ0n) is 17.2. The Labute approximate surface area is 183 Å². The number of aryl methyl sites for hydroxylation is 1. The van der Waals surface area contributed by atoms with E-state index in [2.05, 4.69) is 21.5 Å². The molecular formula is C25H18FN5O. The number of halogens is 1. The predicted octanol–water partition coefficient (Wildman–Crippen LogP) is 5.16. The van der Waals surface area contributed by atoms with Gasteiger partial charge < -0.3 is 5.32 Å². The van der Waals surface area contributed by atoms with Crippen LogP contribution in [0.4, 0.5) is 10.2 Å². The average molecular weight is 423 g/mol. The van der Waals surface area contributed by atoms with Gasteiger partial charge in [-0.1, -0.05) is 35.9 Å². The first-order valence-electron chi connectivity index (χ1n) is 10.0. The van der Waals surface area contributed by atoms with Crippen molar-refractivity contribution in [2.24, 2.45) is 0 Å². The fourth-order valence-corrected chi connectivity index (χ4v) is 3.62. The summed E-state index contributed by atoms with van der Waals surface area (Å²) in [6.07, 6.45) is 3.29. The molecule has 1 N–H and O–H groups in total. The lowest BCUT2D eigenvalue weighted by Crippen LogP contribution is -2.14. The van der Waals surface area contributed by atoms with E-state index < -0.39 is 11.7 Å². The Kier molecular flexibility index (Phi) is 4.91. The fourth-order valence-electron chi connectivity index (χ4n) is 3.62. The molecule has 32 heavy (non-hydrogen) atoms. The lowest BCUT2D eigenvalue weighted by molar-refractivity contribution is 0.102. The molecular weight excluding hydrogens is 405 g/mol. The molecule has 2 aromatic carbocycles. The first-order valence-corrected chi connectivity index (χ1v) is 10.0.